The summed E-state index contributed by atoms with van der Waals surface area (Å²) in [5.74, 6) is 1.58. The lowest BCUT2D eigenvalue weighted by atomic mass is 10.0. The summed E-state index contributed by atoms with van der Waals surface area (Å²) in [6, 6.07) is 7.81. The molecular weight excluding hydrogens is 262 g/mol. The molecule has 102 valence electrons. The SMILES string of the molecule is CC[C@@H](N)c1ccccc1OCc1ncc(Cl)n1C. The maximum absolute atomic E-state index is 6.08. The average Bonchev–Trinajstić information content (AvgIpc) is 2.76. The lowest BCUT2D eigenvalue weighted by Gasteiger charge is -2.15. The fourth-order valence-electron chi connectivity index (χ4n) is 1.84. The van der Waals surface area contributed by atoms with Gasteiger partial charge in [0.15, 0.2) is 0 Å². The highest BCUT2D eigenvalue weighted by atomic mass is 35.5. The zero-order valence-electron chi connectivity index (χ0n) is 11.1. The predicted molar refractivity (Wildman–Crippen MR) is 76.2 cm³/mol. The van der Waals surface area contributed by atoms with E-state index in [0.29, 0.717) is 11.8 Å². The molecule has 0 amide bonds. The van der Waals surface area contributed by atoms with E-state index in [-0.39, 0.29) is 6.04 Å². The third kappa shape index (κ3) is 3.08. The van der Waals surface area contributed by atoms with Gasteiger partial charge in [0, 0.05) is 18.7 Å². The third-order valence-electron chi connectivity index (χ3n) is 3.14. The first-order chi connectivity index (χ1) is 9.13. The summed E-state index contributed by atoms with van der Waals surface area (Å²) in [6.45, 7) is 2.43. The molecule has 2 rings (SSSR count). The number of imidazole rings is 1. The fourth-order valence-corrected chi connectivity index (χ4v) is 1.99. The van der Waals surface area contributed by atoms with Gasteiger partial charge >= 0.3 is 0 Å². The van der Waals surface area contributed by atoms with E-state index >= 15 is 0 Å². The summed E-state index contributed by atoms with van der Waals surface area (Å²) >= 11 is 5.94. The number of aromatic nitrogens is 2. The molecular formula is C14H18ClN3O. The molecule has 5 heteroatoms. The van der Waals surface area contributed by atoms with Gasteiger partial charge in [0.05, 0.1) is 6.20 Å². The van der Waals surface area contributed by atoms with Crippen LogP contribution in [0, 0.1) is 0 Å². The number of nitrogens with two attached hydrogens (primary N) is 1. The summed E-state index contributed by atoms with van der Waals surface area (Å²) in [4.78, 5) is 4.20. The second kappa shape index (κ2) is 6.08. The van der Waals surface area contributed by atoms with Gasteiger partial charge in [0.25, 0.3) is 0 Å². The van der Waals surface area contributed by atoms with E-state index in [2.05, 4.69) is 11.9 Å². The highest BCUT2D eigenvalue weighted by molar-refractivity contribution is 6.29. The second-order valence-corrected chi connectivity index (χ2v) is 4.78. The molecule has 0 aliphatic rings. The molecule has 1 aromatic carbocycles. The van der Waals surface area contributed by atoms with Crippen molar-refractivity contribution in [2.24, 2.45) is 12.8 Å². The zero-order valence-corrected chi connectivity index (χ0v) is 11.9. The van der Waals surface area contributed by atoms with E-state index in [4.69, 9.17) is 22.1 Å². The van der Waals surface area contributed by atoms with Gasteiger partial charge in [-0.15, -0.1) is 0 Å². The summed E-state index contributed by atoms with van der Waals surface area (Å²) in [6.07, 6.45) is 2.48. The fraction of sp³-hybridized carbons (Fsp3) is 0.357. The van der Waals surface area contributed by atoms with Crippen molar-refractivity contribution in [2.75, 3.05) is 0 Å². The Labute approximate surface area is 118 Å². The molecule has 2 N–H and O–H groups in total. The topological polar surface area (TPSA) is 53.1 Å². The van der Waals surface area contributed by atoms with E-state index in [0.717, 1.165) is 23.6 Å². The maximum Gasteiger partial charge on any atom is 0.147 e. The molecule has 0 bridgehead atoms. The number of halogens is 1. The number of rotatable bonds is 5. The molecule has 1 heterocycles. The lowest BCUT2D eigenvalue weighted by Crippen LogP contribution is -2.11. The summed E-state index contributed by atoms with van der Waals surface area (Å²) in [5, 5.41) is 0.595. The Hall–Kier alpha value is -1.52. The molecule has 0 aliphatic heterocycles. The Balaban J connectivity index is 2.13. The van der Waals surface area contributed by atoms with Crippen LogP contribution in [-0.4, -0.2) is 9.55 Å². The van der Waals surface area contributed by atoms with E-state index in [9.17, 15) is 0 Å². The standard InChI is InChI=1S/C14H18ClN3O/c1-3-11(16)10-6-4-5-7-12(10)19-9-14-17-8-13(15)18(14)2/h4-8,11H,3,9,16H2,1-2H3/t11-/m1/s1. The molecule has 1 atom stereocenters. The van der Waals surface area contributed by atoms with Gasteiger partial charge < -0.3 is 15.0 Å². The highest BCUT2D eigenvalue weighted by Gasteiger charge is 2.11. The number of benzene rings is 1. The van der Waals surface area contributed by atoms with Crippen LogP contribution in [-0.2, 0) is 13.7 Å². The molecule has 2 aromatic rings. The van der Waals surface area contributed by atoms with Crippen molar-refractivity contribution in [3.05, 3.63) is 47.0 Å². The van der Waals surface area contributed by atoms with Gasteiger partial charge in [0.2, 0.25) is 0 Å². The monoisotopic (exact) mass is 279 g/mol. The van der Waals surface area contributed by atoms with Gasteiger partial charge in [-0.05, 0) is 12.5 Å². The largest absolute Gasteiger partial charge is 0.485 e. The van der Waals surface area contributed by atoms with E-state index in [1.165, 1.54) is 0 Å². The maximum atomic E-state index is 6.08. The minimum absolute atomic E-state index is 0.0128. The van der Waals surface area contributed by atoms with Gasteiger partial charge in [0.1, 0.15) is 23.3 Å². The second-order valence-electron chi connectivity index (χ2n) is 4.40. The Morgan fingerprint density at radius 2 is 2.16 bits per heavy atom. The first kappa shape index (κ1) is 13.9. The van der Waals surface area contributed by atoms with Crippen LogP contribution < -0.4 is 10.5 Å². The number of ether oxygens (including phenoxy) is 1. The number of nitrogens with zero attached hydrogens (tertiary/aromatic N) is 2. The van der Waals surface area contributed by atoms with Crippen LogP contribution in [0.4, 0.5) is 0 Å². The van der Waals surface area contributed by atoms with Crippen molar-refractivity contribution in [3.63, 3.8) is 0 Å². The molecule has 0 unspecified atom stereocenters. The molecule has 0 saturated heterocycles. The van der Waals surface area contributed by atoms with Gasteiger partial charge in [-0.25, -0.2) is 4.98 Å². The first-order valence-corrected chi connectivity index (χ1v) is 6.64. The van der Waals surface area contributed by atoms with Gasteiger partial charge in [-0.1, -0.05) is 36.7 Å². The average molecular weight is 280 g/mol. The van der Waals surface area contributed by atoms with Gasteiger partial charge in [-0.3, -0.25) is 0 Å². The van der Waals surface area contributed by atoms with Crippen LogP contribution in [0.5, 0.6) is 5.75 Å². The third-order valence-corrected chi connectivity index (χ3v) is 3.49. The normalized spacial score (nSPS) is 12.4. The Bertz CT molecular complexity index is 553. The molecule has 0 spiro atoms. The van der Waals surface area contributed by atoms with Crippen molar-refractivity contribution in [1.82, 2.24) is 9.55 Å². The molecule has 4 nitrogen and oxygen atoms in total. The first-order valence-electron chi connectivity index (χ1n) is 6.26. The number of hydrogen-bond acceptors (Lipinski definition) is 3. The van der Waals surface area contributed by atoms with Gasteiger partial charge in [-0.2, -0.15) is 0 Å². The van der Waals surface area contributed by atoms with Crippen LogP contribution in [0.2, 0.25) is 5.15 Å². The molecule has 0 radical (unpaired) electrons. The van der Waals surface area contributed by atoms with E-state index in [1.54, 1.807) is 10.8 Å². The quantitative estimate of drug-likeness (QED) is 0.915. The van der Waals surface area contributed by atoms with Crippen molar-refractivity contribution < 1.29 is 4.74 Å². The van der Waals surface area contributed by atoms with Crippen molar-refractivity contribution in [2.45, 2.75) is 26.0 Å². The summed E-state index contributed by atoms with van der Waals surface area (Å²) in [7, 11) is 1.86. The van der Waals surface area contributed by atoms with Crippen LogP contribution in [0.25, 0.3) is 0 Å². The van der Waals surface area contributed by atoms with Crippen molar-refractivity contribution in [1.29, 1.82) is 0 Å². The minimum Gasteiger partial charge on any atom is -0.485 e. The van der Waals surface area contributed by atoms with Crippen molar-refractivity contribution in [3.8, 4) is 5.75 Å². The van der Waals surface area contributed by atoms with Crippen molar-refractivity contribution >= 4 is 11.6 Å². The molecule has 1 aromatic heterocycles. The smallest absolute Gasteiger partial charge is 0.147 e. The van der Waals surface area contributed by atoms with Crippen LogP contribution in [0.1, 0.15) is 30.8 Å². The molecule has 19 heavy (non-hydrogen) atoms. The minimum atomic E-state index is -0.0128. The number of hydrogen-bond donors (Lipinski definition) is 1. The zero-order chi connectivity index (χ0) is 13.8. The van der Waals surface area contributed by atoms with E-state index < -0.39 is 0 Å². The lowest BCUT2D eigenvalue weighted by molar-refractivity contribution is 0.287. The molecule has 0 aliphatic carbocycles. The summed E-state index contributed by atoms with van der Waals surface area (Å²) in [5.41, 5.74) is 7.09. The number of para-hydroxylation sites is 1. The van der Waals surface area contributed by atoms with E-state index in [1.807, 2.05) is 31.3 Å². The Morgan fingerprint density at radius 1 is 1.42 bits per heavy atom. The van der Waals surface area contributed by atoms with Crippen LogP contribution in [0.3, 0.4) is 0 Å². The Morgan fingerprint density at radius 3 is 2.79 bits per heavy atom. The van der Waals surface area contributed by atoms with Crippen LogP contribution in [0.15, 0.2) is 30.5 Å². The summed E-state index contributed by atoms with van der Waals surface area (Å²) < 4.78 is 7.61. The predicted octanol–water partition coefficient (Wildman–Crippen LogP) is 3.06. The van der Waals surface area contributed by atoms with Crippen LogP contribution >= 0.6 is 11.6 Å². The Kier molecular flexibility index (Phi) is 4.45. The molecule has 0 saturated carbocycles. The molecule has 0 fully saturated rings. The highest BCUT2D eigenvalue weighted by Crippen LogP contribution is 2.26.